The lowest BCUT2D eigenvalue weighted by atomic mass is 10.2. The van der Waals surface area contributed by atoms with Crippen LogP contribution in [0.2, 0.25) is 5.02 Å². The molecule has 6 heteroatoms. The highest BCUT2D eigenvalue weighted by atomic mass is 35.5. The number of anilines is 2. The molecule has 0 saturated carbocycles. The maximum absolute atomic E-state index is 12.2. The number of hydrogen-bond donors (Lipinski definition) is 1. The van der Waals surface area contributed by atoms with Crippen molar-refractivity contribution in [1.29, 1.82) is 0 Å². The van der Waals surface area contributed by atoms with E-state index in [1.54, 1.807) is 30.5 Å². The Labute approximate surface area is 140 Å². The highest BCUT2D eigenvalue weighted by molar-refractivity contribution is 6.31. The molecule has 5 nitrogen and oxygen atoms in total. The average Bonchev–Trinajstić information content (AvgIpc) is 2.56. The number of benzene rings is 1. The van der Waals surface area contributed by atoms with Crippen molar-refractivity contribution in [2.45, 2.75) is 0 Å². The number of hydrogen-bond acceptors (Lipinski definition) is 4. The molecule has 1 aliphatic rings. The summed E-state index contributed by atoms with van der Waals surface area (Å²) in [5.41, 5.74) is 1.20. The molecule has 1 aromatic heterocycles. The van der Waals surface area contributed by atoms with E-state index in [1.807, 2.05) is 12.1 Å². The van der Waals surface area contributed by atoms with Gasteiger partial charge in [-0.15, -0.1) is 0 Å². The number of halogens is 1. The number of carbonyl (C=O) groups excluding carboxylic acids is 1. The van der Waals surface area contributed by atoms with Crippen LogP contribution in [0.25, 0.3) is 0 Å². The Hall–Kier alpha value is -2.11. The number of amides is 1. The fourth-order valence-electron chi connectivity index (χ4n) is 2.52. The minimum atomic E-state index is -0.193. The van der Waals surface area contributed by atoms with Gasteiger partial charge in [-0.3, -0.25) is 4.79 Å². The molecule has 0 spiro atoms. The molecule has 1 amide bonds. The normalized spacial score (nSPS) is 15.5. The SMILES string of the molecule is CN1CCN(c2ccc(NC(=O)c3cccc(Cl)c3)cn2)CC1. The quantitative estimate of drug-likeness (QED) is 0.940. The first kappa shape index (κ1) is 15.8. The van der Waals surface area contributed by atoms with E-state index in [1.165, 1.54) is 0 Å². The summed E-state index contributed by atoms with van der Waals surface area (Å²) in [5, 5.41) is 3.38. The molecule has 1 aliphatic heterocycles. The topological polar surface area (TPSA) is 48.5 Å². The molecule has 2 aromatic rings. The summed E-state index contributed by atoms with van der Waals surface area (Å²) in [7, 11) is 2.12. The maximum atomic E-state index is 12.2. The van der Waals surface area contributed by atoms with Crippen molar-refractivity contribution in [3.8, 4) is 0 Å². The van der Waals surface area contributed by atoms with Gasteiger partial charge in [-0.05, 0) is 37.4 Å². The van der Waals surface area contributed by atoms with Gasteiger partial charge in [0, 0.05) is 36.8 Å². The molecule has 1 fully saturated rings. The molecule has 0 unspecified atom stereocenters. The summed E-state index contributed by atoms with van der Waals surface area (Å²) in [5.74, 6) is 0.750. The summed E-state index contributed by atoms with van der Waals surface area (Å²) in [6.07, 6.45) is 1.69. The summed E-state index contributed by atoms with van der Waals surface area (Å²) >= 11 is 5.91. The molecule has 0 radical (unpaired) electrons. The van der Waals surface area contributed by atoms with Crippen molar-refractivity contribution in [3.63, 3.8) is 0 Å². The second kappa shape index (κ2) is 6.98. The van der Waals surface area contributed by atoms with Gasteiger partial charge in [-0.1, -0.05) is 17.7 Å². The minimum absolute atomic E-state index is 0.193. The zero-order valence-electron chi connectivity index (χ0n) is 13.0. The molecule has 1 N–H and O–H groups in total. The number of pyridine rings is 1. The second-order valence-corrected chi connectivity index (χ2v) is 6.10. The van der Waals surface area contributed by atoms with Gasteiger partial charge in [0.25, 0.3) is 5.91 Å². The van der Waals surface area contributed by atoms with Gasteiger partial charge in [0.2, 0.25) is 0 Å². The van der Waals surface area contributed by atoms with Crippen LogP contribution in [0.15, 0.2) is 42.6 Å². The van der Waals surface area contributed by atoms with Crippen molar-refractivity contribution in [3.05, 3.63) is 53.2 Å². The lowest BCUT2D eigenvalue weighted by Gasteiger charge is -2.33. The predicted octanol–water partition coefficient (Wildman–Crippen LogP) is 2.74. The van der Waals surface area contributed by atoms with Crippen LogP contribution >= 0.6 is 11.6 Å². The third-order valence-electron chi connectivity index (χ3n) is 3.92. The highest BCUT2D eigenvalue weighted by Gasteiger charge is 2.15. The zero-order valence-corrected chi connectivity index (χ0v) is 13.8. The van der Waals surface area contributed by atoms with Crippen LogP contribution in [0.4, 0.5) is 11.5 Å². The van der Waals surface area contributed by atoms with E-state index in [0.29, 0.717) is 16.3 Å². The van der Waals surface area contributed by atoms with Crippen molar-refractivity contribution < 1.29 is 4.79 Å². The Morgan fingerprint density at radius 2 is 1.96 bits per heavy atom. The second-order valence-electron chi connectivity index (χ2n) is 5.66. The van der Waals surface area contributed by atoms with Crippen molar-refractivity contribution in [2.75, 3.05) is 43.4 Å². The van der Waals surface area contributed by atoms with Crippen LogP contribution < -0.4 is 10.2 Å². The molecule has 0 atom stereocenters. The smallest absolute Gasteiger partial charge is 0.255 e. The Kier molecular flexibility index (Phi) is 4.79. The molecule has 0 bridgehead atoms. The predicted molar refractivity (Wildman–Crippen MR) is 93.4 cm³/mol. The van der Waals surface area contributed by atoms with E-state index in [-0.39, 0.29) is 5.91 Å². The Balaban J connectivity index is 1.64. The number of nitrogens with one attached hydrogen (secondary N) is 1. The fraction of sp³-hybridized carbons (Fsp3) is 0.294. The summed E-state index contributed by atoms with van der Waals surface area (Å²) < 4.78 is 0. The summed E-state index contributed by atoms with van der Waals surface area (Å²) in [6.45, 7) is 4.01. The lowest BCUT2D eigenvalue weighted by molar-refractivity contribution is 0.102. The molecule has 120 valence electrons. The molecule has 0 aliphatic carbocycles. The van der Waals surface area contributed by atoms with E-state index >= 15 is 0 Å². The fourth-order valence-corrected chi connectivity index (χ4v) is 2.71. The van der Waals surface area contributed by atoms with Gasteiger partial charge in [-0.2, -0.15) is 0 Å². The maximum Gasteiger partial charge on any atom is 0.255 e. The van der Waals surface area contributed by atoms with E-state index in [4.69, 9.17) is 11.6 Å². The minimum Gasteiger partial charge on any atom is -0.354 e. The van der Waals surface area contributed by atoms with Crippen molar-refractivity contribution in [2.24, 2.45) is 0 Å². The van der Waals surface area contributed by atoms with Gasteiger partial charge >= 0.3 is 0 Å². The first-order valence-corrected chi connectivity index (χ1v) is 7.96. The van der Waals surface area contributed by atoms with E-state index in [0.717, 1.165) is 32.0 Å². The van der Waals surface area contributed by atoms with Crippen LogP contribution in [0.5, 0.6) is 0 Å². The Bertz CT molecular complexity index is 681. The third-order valence-corrected chi connectivity index (χ3v) is 4.15. The summed E-state index contributed by atoms with van der Waals surface area (Å²) in [6, 6.07) is 10.7. The van der Waals surface area contributed by atoms with Gasteiger partial charge in [0.1, 0.15) is 5.82 Å². The Morgan fingerprint density at radius 3 is 2.61 bits per heavy atom. The standard InChI is InChI=1S/C17H19ClN4O/c1-21-7-9-22(10-8-21)16-6-5-15(12-19-16)20-17(23)13-3-2-4-14(18)11-13/h2-6,11-12H,7-10H2,1H3,(H,20,23). The van der Waals surface area contributed by atoms with Crippen LogP contribution in [0, 0.1) is 0 Å². The zero-order chi connectivity index (χ0) is 16.2. The van der Waals surface area contributed by atoms with Crippen molar-refractivity contribution >= 4 is 29.0 Å². The van der Waals surface area contributed by atoms with Crippen LogP contribution in [-0.2, 0) is 0 Å². The number of carbonyl (C=O) groups is 1. The first-order valence-electron chi connectivity index (χ1n) is 7.58. The summed E-state index contributed by atoms with van der Waals surface area (Å²) in [4.78, 5) is 21.2. The average molecular weight is 331 g/mol. The van der Waals surface area contributed by atoms with Gasteiger partial charge in [-0.25, -0.2) is 4.98 Å². The highest BCUT2D eigenvalue weighted by Crippen LogP contribution is 2.17. The monoisotopic (exact) mass is 330 g/mol. The van der Waals surface area contributed by atoms with Crippen LogP contribution in [0.3, 0.4) is 0 Å². The number of likely N-dealkylation sites (N-methyl/N-ethyl adjacent to an activating group) is 1. The lowest BCUT2D eigenvalue weighted by Crippen LogP contribution is -2.44. The number of piperazine rings is 1. The molecular weight excluding hydrogens is 312 g/mol. The number of nitrogens with zero attached hydrogens (tertiary/aromatic N) is 3. The third kappa shape index (κ3) is 4.00. The molecular formula is C17H19ClN4O. The molecule has 1 aromatic carbocycles. The van der Waals surface area contributed by atoms with E-state index < -0.39 is 0 Å². The molecule has 3 rings (SSSR count). The van der Waals surface area contributed by atoms with E-state index in [2.05, 4.69) is 27.1 Å². The molecule has 23 heavy (non-hydrogen) atoms. The van der Waals surface area contributed by atoms with Crippen molar-refractivity contribution in [1.82, 2.24) is 9.88 Å². The number of rotatable bonds is 3. The first-order chi connectivity index (χ1) is 11.1. The largest absolute Gasteiger partial charge is 0.354 e. The van der Waals surface area contributed by atoms with Gasteiger partial charge in [0.15, 0.2) is 0 Å². The Morgan fingerprint density at radius 1 is 1.17 bits per heavy atom. The van der Waals surface area contributed by atoms with Crippen LogP contribution in [0.1, 0.15) is 10.4 Å². The number of aromatic nitrogens is 1. The van der Waals surface area contributed by atoms with Crippen LogP contribution in [-0.4, -0.2) is 49.0 Å². The van der Waals surface area contributed by atoms with E-state index in [9.17, 15) is 4.79 Å². The molecule has 2 heterocycles. The molecule has 1 saturated heterocycles. The van der Waals surface area contributed by atoms with Gasteiger partial charge in [0.05, 0.1) is 11.9 Å². The van der Waals surface area contributed by atoms with Gasteiger partial charge < -0.3 is 15.1 Å².